The van der Waals surface area contributed by atoms with Gasteiger partial charge < -0.3 is 15.0 Å². The minimum absolute atomic E-state index is 0.0668. The number of amides is 1. The summed E-state index contributed by atoms with van der Waals surface area (Å²) in [7, 11) is 4.00. The van der Waals surface area contributed by atoms with Crippen LogP contribution in [-0.2, 0) is 4.74 Å². The van der Waals surface area contributed by atoms with E-state index in [1.54, 1.807) is 5.57 Å². The number of allylic oxidation sites excluding steroid dienone is 6. The second-order valence-corrected chi connectivity index (χ2v) is 13.0. The molecular formula is C33H54N2O2. The van der Waals surface area contributed by atoms with Gasteiger partial charge in [-0.1, -0.05) is 76.6 Å². The summed E-state index contributed by atoms with van der Waals surface area (Å²) in [5, 5.41) is 2.87. The highest BCUT2D eigenvalue weighted by molar-refractivity contribution is 5.67. The molecule has 1 N–H and O–H groups in total. The summed E-state index contributed by atoms with van der Waals surface area (Å²) in [5.74, 6) is 3.42. The lowest BCUT2D eigenvalue weighted by Gasteiger charge is -2.44. The van der Waals surface area contributed by atoms with Crippen LogP contribution in [0.4, 0.5) is 4.79 Å². The molecule has 0 aliphatic heterocycles. The summed E-state index contributed by atoms with van der Waals surface area (Å²) in [6.45, 7) is 17.7. The van der Waals surface area contributed by atoms with E-state index in [0.717, 1.165) is 31.7 Å². The molecule has 0 bridgehead atoms. The molecule has 6 atom stereocenters. The van der Waals surface area contributed by atoms with E-state index in [4.69, 9.17) is 4.74 Å². The van der Waals surface area contributed by atoms with Crippen LogP contribution in [0.1, 0.15) is 86.0 Å². The summed E-state index contributed by atoms with van der Waals surface area (Å²) in [4.78, 5) is 14.3. The van der Waals surface area contributed by atoms with Crippen molar-refractivity contribution >= 4 is 6.09 Å². The van der Waals surface area contributed by atoms with Gasteiger partial charge in [0.05, 0.1) is 0 Å². The molecule has 208 valence electrons. The fourth-order valence-corrected chi connectivity index (χ4v) is 6.91. The zero-order valence-corrected chi connectivity index (χ0v) is 24.8. The molecule has 0 radical (unpaired) electrons. The third-order valence-electron chi connectivity index (χ3n) is 9.71. The van der Waals surface area contributed by atoms with Gasteiger partial charge in [-0.3, -0.25) is 0 Å². The number of alkyl carbamates (subject to hydrolysis) is 1. The maximum atomic E-state index is 12.2. The number of likely N-dealkylation sites (N-methyl/N-ethyl adjacent to an activating group) is 1. The lowest BCUT2D eigenvalue weighted by molar-refractivity contribution is 0.0890. The molecule has 0 unspecified atom stereocenters. The molecule has 4 heteroatoms. The Hall–Kier alpha value is -1.81. The Kier molecular flexibility index (Phi) is 10.7. The number of nitrogens with zero attached hydrogens (tertiary/aromatic N) is 1. The van der Waals surface area contributed by atoms with Gasteiger partial charge in [-0.25, -0.2) is 4.79 Å². The Labute approximate surface area is 227 Å². The zero-order chi connectivity index (χ0) is 27.2. The van der Waals surface area contributed by atoms with Crippen molar-refractivity contribution in [3.05, 3.63) is 47.6 Å². The molecule has 3 saturated carbocycles. The summed E-state index contributed by atoms with van der Waals surface area (Å²) in [5.41, 5.74) is 4.48. The molecule has 0 aromatic carbocycles. The Morgan fingerprint density at radius 1 is 1.14 bits per heavy atom. The third kappa shape index (κ3) is 7.85. The second-order valence-electron chi connectivity index (χ2n) is 13.0. The smallest absolute Gasteiger partial charge is 0.407 e. The van der Waals surface area contributed by atoms with Crippen LogP contribution in [0.25, 0.3) is 0 Å². The van der Waals surface area contributed by atoms with E-state index < -0.39 is 0 Å². The van der Waals surface area contributed by atoms with Crippen LogP contribution in [0, 0.1) is 35.0 Å². The first-order valence-corrected chi connectivity index (χ1v) is 14.9. The maximum Gasteiger partial charge on any atom is 0.407 e. The Morgan fingerprint density at radius 3 is 2.59 bits per heavy atom. The molecule has 37 heavy (non-hydrogen) atoms. The fraction of sp³-hybridized carbons (Fsp3) is 0.727. The molecule has 3 aliphatic carbocycles. The summed E-state index contributed by atoms with van der Waals surface area (Å²) < 4.78 is 5.75. The van der Waals surface area contributed by atoms with Gasteiger partial charge in [0.1, 0.15) is 6.10 Å². The first-order valence-electron chi connectivity index (χ1n) is 14.9. The first kappa shape index (κ1) is 29.7. The monoisotopic (exact) mass is 510 g/mol. The van der Waals surface area contributed by atoms with Crippen molar-refractivity contribution < 1.29 is 9.53 Å². The van der Waals surface area contributed by atoms with E-state index in [1.807, 2.05) is 19.0 Å². The molecule has 1 amide bonds. The van der Waals surface area contributed by atoms with E-state index in [0.29, 0.717) is 35.6 Å². The average molecular weight is 511 g/mol. The largest absolute Gasteiger partial charge is 0.446 e. The average Bonchev–Trinajstić information content (AvgIpc) is 3.19. The molecule has 3 aliphatic rings. The Bertz CT molecular complexity index is 883. The van der Waals surface area contributed by atoms with Crippen LogP contribution in [0.2, 0.25) is 0 Å². The van der Waals surface area contributed by atoms with Crippen molar-refractivity contribution in [2.45, 2.75) is 92.1 Å². The molecule has 3 rings (SSSR count). The molecule has 4 nitrogen and oxygen atoms in total. The van der Waals surface area contributed by atoms with Crippen molar-refractivity contribution in [1.82, 2.24) is 10.2 Å². The molecule has 0 aromatic heterocycles. The summed E-state index contributed by atoms with van der Waals surface area (Å²) in [6.07, 6.45) is 18.4. The predicted molar refractivity (Wildman–Crippen MR) is 156 cm³/mol. The van der Waals surface area contributed by atoms with Crippen molar-refractivity contribution in [1.29, 1.82) is 0 Å². The van der Waals surface area contributed by atoms with Crippen molar-refractivity contribution in [3.8, 4) is 0 Å². The van der Waals surface area contributed by atoms with Gasteiger partial charge in [0, 0.05) is 19.5 Å². The SMILES string of the molecule is C=C1CC[C@H](OC(=O)NCCN(C)C)C/C1=C/C=C1\CCC[C@]2(C)[C@@H]([C@H](C)/C=C/[C@H](C)C(C)C)CC[C@@H]12. The van der Waals surface area contributed by atoms with E-state index in [2.05, 4.69) is 70.8 Å². The minimum Gasteiger partial charge on any atom is -0.446 e. The molecule has 0 aromatic rings. The van der Waals surface area contributed by atoms with Gasteiger partial charge in [0.25, 0.3) is 0 Å². The number of fused-ring (bicyclic) bond motifs is 1. The summed E-state index contributed by atoms with van der Waals surface area (Å²) >= 11 is 0. The van der Waals surface area contributed by atoms with Crippen LogP contribution in [0.15, 0.2) is 47.6 Å². The van der Waals surface area contributed by atoms with E-state index >= 15 is 0 Å². The van der Waals surface area contributed by atoms with Gasteiger partial charge in [-0.05, 0) is 99.6 Å². The van der Waals surface area contributed by atoms with Gasteiger partial charge in [0.15, 0.2) is 0 Å². The molecule has 0 spiro atoms. The van der Waals surface area contributed by atoms with Gasteiger partial charge in [0.2, 0.25) is 0 Å². The van der Waals surface area contributed by atoms with Crippen molar-refractivity contribution in [2.75, 3.05) is 27.2 Å². The quantitative estimate of drug-likeness (QED) is 0.320. The molecule has 3 fully saturated rings. The highest BCUT2D eigenvalue weighted by atomic mass is 16.6. The lowest BCUT2D eigenvalue weighted by atomic mass is 9.61. The van der Waals surface area contributed by atoms with E-state index in [9.17, 15) is 4.79 Å². The number of carbonyl (C=O) groups excluding carboxylic acids is 1. The van der Waals surface area contributed by atoms with Gasteiger partial charge >= 0.3 is 6.09 Å². The Balaban J connectivity index is 1.65. The van der Waals surface area contributed by atoms with E-state index in [1.165, 1.54) is 43.3 Å². The number of hydrogen-bond donors (Lipinski definition) is 1. The van der Waals surface area contributed by atoms with Crippen LogP contribution >= 0.6 is 0 Å². The van der Waals surface area contributed by atoms with E-state index in [-0.39, 0.29) is 12.2 Å². The van der Waals surface area contributed by atoms with Crippen molar-refractivity contribution in [2.24, 2.45) is 35.0 Å². The Morgan fingerprint density at radius 2 is 1.89 bits per heavy atom. The van der Waals surface area contributed by atoms with Gasteiger partial charge in [-0.2, -0.15) is 0 Å². The second kappa shape index (κ2) is 13.3. The fourth-order valence-electron chi connectivity index (χ4n) is 6.91. The van der Waals surface area contributed by atoms with Crippen LogP contribution in [0.3, 0.4) is 0 Å². The first-order chi connectivity index (χ1) is 17.5. The minimum atomic E-state index is -0.303. The highest BCUT2D eigenvalue weighted by Gasteiger charge is 2.50. The molecule has 0 saturated heterocycles. The number of rotatable bonds is 9. The number of hydrogen-bond acceptors (Lipinski definition) is 3. The molecule has 0 heterocycles. The molecular weight excluding hydrogens is 456 g/mol. The lowest BCUT2D eigenvalue weighted by Crippen LogP contribution is -2.35. The topological polar surface area (TPSA) is 41.6 Å². The van der Waals surface area contributed by atoms with Crippen LogP contribution in [-0.4, -0.2) is 44.3 Å². The number of ether oxygens (including phenoxy) is 1. The van der Waals surface area contributed by atoms with Crippen LogP contribution < -0.4 is 5.32 Å². The predicted octanol–water partition coefficient (Wildman–Crippen LogP) is 7.94. The zero-order valence-electron chi connectivity index (χ0n) is 24.8. The number of nitrogens with one attached hydrogen (secondary N) is 1. The van der Waals surface area contributed by atoms with Gasteiger partial charge in [-0.15, -0.1) is 0 Å². The van der Waals surface area contributed by atoms with Crippen LogP contribution in [0.5, 0.6) is 0 Å². The highest BCUT2D eigenvalue weighted by Crippen LogP contribution is 2.59. The normalized spacial score (nSPS) is 32.4. The third-order valence-corrected chi connectivity index (χ3v) is 9.71. The standard InChI is InChI=1S/C33H54N2O2/c1-23(2)24(3)11-12-26(5)30-17-18-31-27(10-9-19-33(30,31)6)14-15-28-22-29(16-13-25(28)4)37-32(36)34-20-21-35(7)8/h11-12,14-15,23-24,26,29-31H,4,9-10,13,16-22H2,1-3,5-8H3,(H,34,36)/b12-11+,27-14+,28-15-/t24-,26+,29-,30+,31-,33+/m0/s1. The number of carbonyl (C=O) groups is 1. The maximum absolute atomic E-state index is 12.2. The van der Waals surface area contributed by atoms with Crippen molar-refractivity contribution in [3.63, 3.8) is 0 Å². The summed E-state index contributed by atoms with van der Waals surface area (Å²) in [6, 6.07) is 0.